The Morgan fingerprint density at radius 3 is 1.73 bits per heavy atom. The van der Waals surface area contributed by atoms with Crippen LogP contribution < -0.4 is 0 Å². The summed E-state index contributed by atoms with van der Waals surface area (Å²) in [6, 6.07) is 59.7. The van der Waals surface area contributed by atoms with Crippen molar-refractivity contribution in [2.24, 2.45) is 0 Å². The molecular formula is C55H38S. The summed E-state index contributed by atoms with van der Waals surface area (Å²) in [5.41, 5.74) is 16.0. The van der Waals surface area contributed by atoms with Gasteiger partial charge in [0, 0.05) is 25.6 Å². The largest absolute Gasteiger partial charge is 0.135 e. The van der Waals surface area contributed by atoms with E-state index in [-0.39, 0.29) is 5.41 Å². The summed E-state index contributed by atoms with van der Waals surface area (Å²) in [5.74, 6) is 0. The number of rotatable bonds is 3. The zero-order valence-electron chi connectivity index (χ0n) is 31.5. The Bertz CT molecular complexity index is 3260. The number of fused-ring (bicyclic) bond motifs is 13. The molecule has 0 atom stereocenters. The summed E-state index contributed by atoms with van der Waals surface area (Å²) in [6.45, 7) is 4.85. The van der Waals surface area contributed by atoms with Crippen molar-refractivity contribution in [3.63, 3.8) is 0 Å². The molecule has 0 radical (unpaired) electrons. The predicted molar refractivity (Wildman–Crippen MR) is 243 cm³/mol. The first kappa shape index (κ1) is 32.0. The molecule has 0 aliphatic heterocycles. The summed E-state index contributed by atoms with van der Waals surface area (Å²) in [4.78, 5) is 0. The molecule has 0 amide bonds. The van der Waals surface area contributed by atoms with E-state index in [9.17, 15) is 0 Å². The zero-order valence-corrected chi connectivity index (χ0v) is 32.3. The van der Waals surface area contributed by atoms with Crippen LogP contribution in [0.4, 0.5) is 0 Å². The summed E-state index contributed by atoms with van der Waals surface area (Å²) in [7, 11) is 0. The van der Waals surface area contributed by atoms with Gasteiger partial charge < -0.3 is 0 Å². The summed E-state index contributed by atoms with van der Waals surface area (Å²) < 4.78 is 2.79. The van der Waals surface area contributed by atoms with Gasteiger partial charge in [0.2, 0.25) is 0 Å². The molecule has 12 rings (SSSR count). The van der Waals surface area contributed by atoms with Gasteiger partial charge in [0.15, 0.2) is 0 Å². The highest BCUT2D eigenvalue weighted by atomic mass is 32.1. The third kappa shape index (κ3) is 4.47. The van der Waals surface area contributed by atoms with E-state index in [1.54, 1.807) is 0 Å². The van der Waals surface area contributed by atoms with E-state index in [0.717, 1.165) is 12.8 Å². The van der Waals surface area contributed by atoms with Crippen LogP contribution >= 0.6 is 11.3 Å². The van der Waals surface area contributed by atoms with Crippen LogP contribution in [0.5, 0.6) is 0 Å². The van der Waals surface area contributed by atoms with Crippen molar-refractivity contribution in [1.82, 2.24) is 0 Å². The quantitative estimate of drug-likeness (QED) is 0.159. The van der Waals surface area contributed by atoms with Crippen molar-refractivity contribution < 1.29 is 0 Å². The molecule has 0 saturated heterocycles. The van der Waals surface area contributed by atoms with Gasteiger partial charge >= 0.3 is 0 Å². The number of allylic oxidation sites excluding steroid dienone is 1. The molecule has 1 heteroatoms. The van der Waals surface area contributed by atoms with Crippen molar-refractivity contribution in [1.29, 1.82) is 0 Å². The molecule has 1 heterocycles. The molecular weight excluding hydrogens is 693 g/mol. The van der Waals surface area contributed by atoms with Crippen molar-refractivity contribution in [2.45, 2.75) is 32.1 Å². The fourth-order valence-corrected chi connectivity index (χ4v) is 11.7. The van der Waals surface area contributed by atoms with Crippen molar-refractivity contribution >= 4 is 69.9 Å². The third-order valence-corrected chi connectivity index (χ3v) is 14.1. The van der Waals surface area contributed by atoms with Crippen LogP contribution in [0.2, 0.25) is 0 Å². The molecule has 0 N–H and O–H groups in total. The van der Waals surface area contributed by atoms with Gasteiger partial charge in [-0.3, -0.25) is 0 Å². The van der Waals surface area contributed by atoms with E-state index >= 15 is 0 Å². The highest BCUT2D eigenvalue weighted by molar-refractivity contribution is 7.26. The fourth-order valence-electron chi connectivity index (χ4n) is 10.3. The van der Waals surface area contributed by atoms with Gasteiger partial charge in [0.05, 0.1) is 0 Å². The van der Waals surface area contributed by atoms with Crippen LogP contribution in [0, 0.1) is 0 Å². The van der Waals surface area contributed by atoms with E-state index in [4.69, 9.17) is 0 Å². The Morgan fingerprint density at radius 1 is 0.482 bits per heavy atom. The zero-order chi connectivity index (χ0) is 37.1. The molecule has 264 valence electrons. The molecule has 2 aliphatic rings. The van der Waals surface area contributed by atoms with Crippen LogP contribution in [-0.4, -0.2) is 0 Å². The van der Waals surface area contributed by atoms with E-state index in [1.165, 1.54) is 119 Å². The van der Waals surface area contributed by atoms with E-state index in [0.29, 0.717) is 0 Å². The van der Waals surface area contributed by atoms with Crippen molar-refractivity contribution in [3.8, 4) is 44.5 Å². The molecule has 0 fully saturated rings. The van der Waals surface area contributed by atoms with Gasteiger partial charge in [0.1, 0.15) is 0 Å². The Labute approximate surface area is 331 Å². The molecule has 2 aliphatic carbocycles. The highest BCUT2D eigenvalue weighted by Crippen LogP contribution is 2.57. The standard InChI is InChI=1S/C55H38S/c1-55(2)47-30-29-37(32-46(47)51-43-19-9-10-20-44(43)52-45-21-11-12-22-48(45)56-54(52)53(51)55)34-23-26-35(27-24-34)49-39-15-5-7-17-41(39)50(42-18-8-6-16-40(42)49)38-28-25-33-13-3-4-14-36(33)31-38/h3,5-13,15-32H,4,14H2,1-2H3. The second kappa shape index (κ2) is 11.9. The molecule has 56 heavy (non-hydrogen) atoms. The Kier molecular flexibility index (Phi) is 6.78. The molecule has 10 aromatic rings. The number of benzene rings is 9. The van der Waals surface area contributed by atoms with E-state index in [2.05, 4.69) is 184 Å². The molecule has 0 nitrogen and oxygen atoms in total. The molecule has 9 aromatic carbocycles. The maximum absolute atomic E-state index is 2.47. The minimum Gasteiger partial charge on any atom is -0.135 e. The van der Waals surface area contributed by atoms with E-state index < -0.39 is 0 Å². The number of hydrogen-bond acceptors (Lipinski definition) is 1. The molecule has 1 aromatic heterocycles. The van der Waals surface area contributed by atoms with Gasteiger partial charge in [-0.25, -0.2) is 0 Å². The first-order valence-electron chi connectivity index (χ1n) is 19.9. The average Bonchev–Trinajstić information content (AvgIpc) is 3.75. The minimum atomic E-state index is -0.110. The van der Waals surface area contributed by atoms with Gasteiger partial charge in [-0.15, -0.1) is 11.3 Å². The Balaban J connectivity index is 1.01. The number of hydrogen-bond donors (Lipinski definition) is 0. The summed E-state index contributed by atoms with van der Waals surface area (Å²) in [6.07, 6.45) is 6.78. The lowest BCUT2D eigenvalue weighted by atomic mass is 9.81. The number of thiophene rings is 1. The van der Waals surface area contributed by atoms with Crippen LogP contribution in [0.25, 0.3) is 103 Å². The lowest BCUT2D eigenvalue weighted by molar-refractivity contribution is 0.667. The molecule has 0 unspecified atom stereocenters. The maximum atomic E-state index is 2.47. The van der Waals surface area contributed by atoms with Gasteiger partial charge in [-0.05, 0) is 124 Å². The summed E-state index contributed by atoms with van der Waals surface area (Å²) in [5, 5.41) is 10.7. The fraction of sp³-hybridized carbons (Fsp3) is 0.0909. The van der Waals surface area contributed by atoms with Crippen molar-refractivity contribution in [2.75, 3.05) is 0 Å². The van der Waals surface area contributed by atoms with Crippen LogP contribution in [-0.2, 0) is 11.8 Å². The smallest absolute Gasteiger partial charge is 0.0408 e. The average molecular weight is 731 g/mol. The number of aryl methyl sites for hydroxylation is 1. The SMILES string of the molecule is CC1(C)c2ccc(-c3ccc(-c4c5ccccc5c(-c5ccc6c(c5)CCC=C6)c5ccccc45)cc3)cc2-c2c1c1sc3ccccc3c1c1ccccc21. The predicted octanol–water partition coefficient (Wildman–Crippen LogP) is 15.8. The molecule has 0 spiro atoms. The third-order valence-electron chi connectivity index (χ3n) is 12.9. The second-order valence-electron chi connectivity index (χ2n) is 16.3. The van der Waals surface area contributed by atoms with Gasteiger partial charge in [-0.2, -0.15) is 0 Å². The summed E-state index contributed by atoms with van der Waals surface area (Å²) >= 11 is 1.96. The highest BCUT2D eigenvalue weighted by Gasteiger charge is 2.39. The van der Waals surface area contributed by atoms with Gasteiger partial charge in [-0.1, -0.05) is 172 Å². The lowest BCUT2D eigenvalue weighted by Gasteiger charge is -2.23. The topological polar surface area (TPSA) is 0 Å². The molecule has 0 saturated carbocycles. The van der Waals surface area contributed by atoms with Crippen molar-refractivity contribution in [3.05, 3.63) is 186 Å². The van der Waals surface area contributed by atoms with Crippen LogP contribution in [0.3, 0.4) is 0 Å². The maximum Gasteiger partial charge on any atom is 0.0408 e. The first-order chi connectivity index (χ1) is 27.5. The van der Waals surface area contributed by atoms with Crippen LogP contribution in [0.1, 0.15) is 42.5 Å². The van der Waals surface area contributed by atoms with Crippen LogP contribution in [0.15, 0.2) is 164 Å². The van der Waals surface area contributed by atoms with E-state index in [1.807, 2.05) is 11.3 Å². The Morgan fingerprint density at radius 2 is 1.04 bits per heavy atom. The monoisotopic (exact) mass is 730 g/mol. The first-order valence-corrected chi connectivity index (χ1v) is 20.7. The normalized spacial score (nSPS) is 14.2. The lowest BCUT2D eigenvalue weighted by Crippen LogP contribution is -2.15. The molecule has 0 bridgehead atoms. The second-order valence-corrected chi connectivity index (χ2v) is 17.3. The van der Waals surface area contributed by atoms with Gasteiger partial charge in [0.25, 0.3) is 0 Å². The Hall–Kier alpha value is -6.28. The minimum absolute atomic E-state index is 0.110.